The van der Waals surface area contributed by atoms with Gasteiger partial charge in [-0.1, -0.05) is 20.8 Å². The van der Waals surface area contributed by atoms with E-state index >= 15 is 0 Å². The van der Waals surface area contributed by atoms with Crippen LogP contribution in [0.3, 0.4) is 0 Å². The number of rotatable bonds is 7. The first kappa shape index (κ1) is 16.9. The molecule has 0 fully saturated rings. The summed E-state index contributed by atoms with van der Waals surface area (Å²) in [5.74, 6) is 2.21. The number of anilines is 1. The Labute approximate surface area is 126 Å². The van der Waals surface area contributed by atoms with Crippen molar-refractivity contribution >= 4 is 23.4 Å². The Morgan fingerprint density at radius 3 is 2.55 bits per heavy atom. The maximum Gasteiger partial charge on any atom is 0.237 e. The standard InChI is InChI=1S/C16H25NO2S/c1-6-19-14-9-8-13(10-12(14)5)17-16(18)15(11(3)4)20-7-2/h8-11,15H,6-7H2,1-5H3,(H,17,18). The van der Waals surface area contributed by atoms with E-state index in [1.165, 1.54) is 0 Å². The van der Waals surface area contributed by atoms with Crippen molar-refractivity contribution in [3.63, 3.8) is 0 Å². The quantitative estimate of drug-likeness (QED) is 0.822. The Morgan fingerprint density at radius 1 is 1.35 bits per heavy atom. The number of nitrogens with one attached hydrogen (secondary N) is 1. The van der Waals surface area contributed by atoms with Crippen LogP contribution in [0.15, 0.2) is 18.2 Å². The molecule has 0 aliphatic heterocycles. The third kappa shape index (κ3) is 4.75. The predicted molar refractivity (Wildman–Crippen MR) is 87.7 cm³/mol. The molecule has 1 N–H and O–H groups in total. The third-order valence-electron chi connectivity index (χ3n) is 2.95. The van der Waals surface area contributed by atoms with Crippen molar-refractivity contribution < 1.29 is 9.53 Å². The topological polar surface area (TPSA) is 38.3 Å². The molecule has 0 heterocycles. The van der Waals surface area contributed by atoms with Gasteiger partial charge in [0.1, 0.15) is 5.75 Å². The zero-order chi connectivity index (χ0) is 15.1. The van der Waals surface area contributed by atoms with Crippen LogP contribution < -0.4 is 10.1 Å². The van der Waals surface area contributed by atoms with Crippen molar-refractivity contribution in [2.24, 2.45) is 5.92 Å². The summed E-state index contributed by atoms with van der Waals surface area (Å²) in [6.07, 6.45) is 0. The van der Waals surface area contributed by atoms with Crippen LogP contribution in [-0.4, -0.2) is 23.5 Å². The second kappa shape index (κ2) is 8.20. The minimum Gasteiger partial charge on any atom is -0.494 e. The molecule has 0 aromatic heterocycles. The van der Waals surface area contributed by atoms with E-state index in [-0.39, 0.29) is 11.2 Å². The molecule has 1 rings (SSSR count). The van der Waals surface area contributed by atoms with E-state index in [0.717, 1.165) is 22.8 Å². The monoisotopic (exact) mass is 295 g/mol. The number of amides is 1. The first-order valence-electron chi connectivity index (χ1n) is 7.15. The number of ether oxygens (including phenoxy) is 1. The van der Waals surface area contributed by atoms with Crippen molar-refractivity contribution in [2.75, 3.05) is 17.7 Å². The molecule has 0 saturated heterocycles. The van der Waals surface area contributed by atoms with Crippen LogP contribution in [0, 0.1) is 12.8 Å². The van der Waals surface area contributed by atoms with Gasteiger partial charge >= 0.3 is 0 Å². The third-order valence-corrected chi connectivity index (χ3v) is 4.40. The molecule has 0 aliphatic carbocycles. The molecule has 3 nitrogen and oxygen atoms in total. The predicted octanol–water partition coefficient (Wildman–Crippen LogP) is 4.11. The van der Waals surface area contributed by atoms with Crippen LogP contribution in [0.5, 0.6) is 5.75 Å². The van der Waals surface area contributed by atoms with Crippen molar-refractivity contribution in [1.82, 2.24) is 0 Å². The lowest BCUT2D eigenvalue weighted by atomic mass is 10.1. The van der Waals surface area contributed by atoms with Gasteiger partial charge in [0, 0.05) is 5.69 Å². The van der Waals surface area contributed by atoms with E-state index < -0.39 is 0 Å². The normalized spacial score (nSPS) is 12.3. The summed E-state index contributed by atoms with van der Waals surface area (Å²) in [6, 6.07) is 5.76. The van der Waals surface area contributed by atoms with Gasteiger partial charge in [0.2, 0.25) is 5.91 Å². The Balaban J connectivity index is 2.77. The maximum atomic E-state index is 12.3. The van der Waals surface area contributed by atoms with Gasteiger partial charge in [-0.05, 0) is 49.3 Å². The van der Waals surface area contributed by atoms with Gasteiger partial charge in [-0.3, -0.25) is 4.79 Å². The molecule has 1 aromatic rings. The molecule has 0 spiro atoms. The van der Waals surface area contributed by atoms with Crippen molar-refractivity contribution in [3.8, 4) is 5.75 Å². The summed E-state index contributed by atoms with van der Waals surface area (Å²) in [5.41, 5.74) is 1.87. The molecular formula is C16H25NO2S. The summed E-state index contributed by atoms with van der Waals surface area (Å²) in [4.78, 5) is 12.3. The molecule has 0 aliphatic rings. The Morgan fingerprint density at radius 2 is 2.05 bits per heavy atom. The van der Waals surface area contributed by atoms with Crippen molar-refractivity contribution in [2.45, 2.75) is 39.9 Å². The lowest BCUT2D eigenvalue weighted by Crippen LogP contribution is -2.29. The van der Waals surface area contributed by atoms with E-state index in [9.17, 15) is 4.79 Å². The summed E-state index contributed by atoms with van der Waals surface area (Å²) < 4.78 is 5.50. The molecule has 20 heavy (non-hydrogen) atoms. The first-order chi connectivity index (χ1) is 9.49. The number of hydrogen-bond acceptors (Lipinski definition) is 3. The summed E-state index contributed by atoms with van der Waals surface area (Å²) in [5, 5.41) is 3.00. The van der Waals surface area contributed by atoms with E-state index in [1.807, 2.05) is 32.0 Å². The van der Waals surface area contributed by atoms with E-state index in [2.05, 4.69) is 26.1 Å². The molecule has 0 radical (unpaired) electrons. The lowest BCUT2D eigenvalue weighted by Gasteiger charge is -2.19. The van der Waals surface area contributed by atoms with Gasteiger partial charge < -0.3 is 10.1 Å². The highest BCUT2D eigenvalue weighted by Gasteiger charge is 2.22. The Bertz CT molecular complexity index is 446. The molecule has 4 heteroatoms. The first-order valence-corrected chi connectivity index (χ1v) is 8.20. The van der Waals surface area contributed by atoms with Crippen LogP contribution in [0.4, 0.5) is 5.69 Å². The largest absolute Gasteiger partial charge is 0.494 e. The number of benzene rings is 1. The van der Waals surface area contributed by atoms with Crippen LogP contribution >= 0.6 is 11.8 Å². The van der Waals surface area contributed by atoms with Gasteiger partial charge in [-0.25, -0.2) is 0 Å². The number of carbonyl (C=O) groups excluding carboxylic acids is 1. The molecule has 1 atom stereocenters. The minimum absolute atomic E-state index is 0.00752. The van der Waals surface area contributed by atoms with Crippen molar-refractivity contribution in [3.05, 3.63) is 23.8 Å². The fourth-order valence-electron chi connectivity index (χ4n) is 2.01. The number of aryl methyl sites for hydroxylation is 1. The van der Waals surface area contributed by atoms with E-state index in [4.69, 9.17) is 4.74 Å². The second-order valence-electron chi connectivity index (χ2n) is 5.02. The second-order valence-corrected chi connectivity index (χ2v) is 6.44. The highest BCUT2D eigenvalue weighted by molar-refractivity contribution is 8.00. The fourth-order valence-corrected chi connectivity index (χ4v) is 2.96. The molecular weight excluding hydrogens is 270 g/mol. The smallest absolute Gasteiger partial charge is 0.237 e. The van der Waals surface area contributed by atoms with Crippen LogP contribution in [0.2, 0.25) is 0 Å². The Hall–Kier alpha value is -1.16. The van der Waals surface area contributed by atoms with Gasteiger partial charge in [0.25, 0.3) is 0 Å². The molecule has 112 valence electrons. The Kier molecular flexibility index (Phi) is 6.93. The van der Waals surface area contributed by atoms with Crippen LogP contribution in [-0.2, 0) is 4.79 Å². The summed E-state index contributed by atoms with van der Waals surface area (Å²) in [7, 11) is 0. The van der Waals surface area contributed by atoms with Gasteiger partial charge in [-0.2, -0.15) is 0 Å². The summed E-state index contributed by atoms with van der Waals surface area (Å²) in [6.45, 7) is 10.8. The van der Waals surface area contributed by atoms with Gasteiger partial charge in [0.05, 0.1) is 11.9 Å². The minimum atomic E-state index is -0.00752. The lowest BCUT2D eigenvalue weighted by molar-refractivity contribution is -0.116. The molecule has 0 saturated carbocycles. The molecule has 1 unspecified atom stereocenters. The number of carbonyl (C=O) groups is 1. The van der Waals surface area contributed by atoms with Crippen LogP contribution in [0.25, 0.3) is 0 Å². The van der Waals surface area contributed by atoms with Crippen molar-refractivity contribution in [1.29, 1.82) is 0 Å². The average molecular weight is 295 g/mol. The molecule has 1 aromatic carbocycles. The van der Waals surface area contributed by atoms with E-state index in [0.29, 0.717) is 12.5 Å². The average Bonchev–Trinajstić information content (AvgIpc) is 2.38. The number of thioether (sulfide) groups is 1. The fraction of sp³-hybridized carbons (Fsp3) is 0.562. The van der Waals surface area contributed by atoms with Gasteiger partial charge in [-0.15, -0.1) is 11.8 Å². The zero-order valence-corrected chi connectivity index (χ0v) is 13.8. The molecule has 1 amide bonds. The highest BCUT2D eigenvalue weighted by Crippen LogP contribution is 2.24. The zero-order valence-electron chi connectivity index (χ0n) is 13.0. The highest BCUT2D eigenvalue weighted by atomic mass is 32.2. The molecule has 0 bridgehead atoms. The van der Waals surface area contributed by atoms with Crippen LogP contribution in [0.1, 0.15) is 33.3 Å². The summed E-state index contributed by atoms with van der Waals surface area (Å²) >= 11 is 1.69. The number of hydrogen-bond donors (Lipinski definition) is 1. The maximum absolute atomic E-state index is 12.3. The van der Waals surface area contributed by atoms with E-state index in [1.54, 1.807) is 11.8 Å². The van der Waals surface area contributed by atoms with Gasteiger partial charge in [0.15, 0.2) is 0 Å². The SMILES string of the molecule is CCOc1ccc(NC(=O)C(SCC)C(C)C)cc1C.